The van der Waals surface area contributed by atoms with Gasteiger partial charge in [0, 0.05) is 6.07 Å². The number of aromatic nitrogens is 2. The van der Waals surface area contributed by atoms with Gasteiger partial charge in [-0.2, -0.15) is 0 Å². The van der Waals surface area contributed by atoms with E-state index in [1.807, 2.05) is 13.8 Å². The van der Waals surface area contributed by atoms with Gasteiger partial charge in [-0.15, -0.1) is 0 Å². The number of nitrogens with zero attached hydrogens (tertiary/aromatic N) is 2. The third kappa shape index (κ3) is 3.42. The van der Waals surface area contributed by atoms with Crippen molar-refractivity contribution in [1.29, 1.82) is 0 Å². The van der Waals surface area contributed by atoms with Crippen molar-refractivity contribution in [2.75, 3.05) is 5.43 Å². The van der Waals surface area contributed by atoms with E-state index < -0.39 is 5.82 Å². The fourth-order valence-corrected chi connectivity index (χ4v) is 2.50. The van der Waals surface area contributed by atoms with Crippen molar-refractivity contribution in [3.63, 3.8) is 0 Å². The van der Waals surface area contributed by atoms with E-state index in [0.717, 1.165) is 0 Å². The van der Waals surface area contributed by atoms with Gasteiger partial charge in [-0.25, -0.2) is 20.2 Å². The first-order valence-electron chi connectivity index (χ1n) is 6.08. The summed E-state index contributed by atoms with van der Waals surface area (Å²) < 4.78 is 19.8. The highest BCUT2D eigenvalue weighted by Gasteiger charge is 2.18. The standard InChI is InChI=1S/C13H13BrClFN4O/c1-6(2)11-12(20-17)18-5-19-13(11)21-10-4-9(16)8(15)3-7(10)14/h3-6H,17H2,1-2H3,(H,18,19,20). The number of benzene rings is 1. The van der Waals surface area contributed by atoms with Crippen molar-refractivity contribution in [1.82, 2.24) is 9.97 Å². The highest BCUT2D eigenvalue weighted by atomic mass is 79.9. The van der Waals surface area contributed by atoms with Gasteiger partial charge >= 0.3 is 0 Å². The minimum absolute atomic E-state index is 0.00492. The van der Waals surface area contributed by atoms with Gasteiger partial charge in [0.05, 0.1) is 15.1 Å². The van der Waals surface area contributed by atoms with E-state index in [1.54, 1.807) is 0 Å². The molecule has 0 saturated heterocycles. The number of nitrogen functional groups attached to an aromatic ring is 1. The van der Waals surface area contributed by atoms with Crippen LogP contribution in [0.1, 0.15) is 25.3 Å². The van der Waals surface area contributed by atoms with Crippen LogP contribution in [-0.2, 0) is 0 Å². The van der Waals surface area contributed by atoms with E-state index in [0.29, 0.717) is 21.7 Å². The first-order valence-corrected chi connectivity index (χ1v) is 7.25. The van der Waals surface area contributed by atoms with Gasteiger partial charge in [0.2, 0.25) is 5.88 Å². The van der Waals surface area contributed by atoms with E-state index in [9.17, 15) is 4.39 Å². The van der Waals surface area contributed by atoms with Gasteiger partial charge in [-0.05, 0) is 27.9 Å². The van der Waals surface area contributed by atoms with Crippen LogP contribution in [0.25, 0.3) is 0 Å². The summed E-state index contributed by atoms with van der Waals surface area (Å²) in [7, 11) is 0. The number of hydrazine groups is 1. The molecular weight excluding hydrogens is 363 g/mol. The van der Waals surface area contributed by atoms with Crippen LogP contribution in [0.5, 0.6) is 11.6 Å². The summed E-state index contributed by atoms with van der Waals surface area (Å²) in [6.07, 6.45) is 1.32. The zero-order valence-electron chi connectivity index (χ0n) is 11.3. The molecule has 2 aromatic rings. The Bertz CT molecular complexity index is 669. The Balaban J connectivity index is 2.47. The van der Waals surface area contributed by atoms with Crippen LogP contribution >= 0.6 is 27.5 Å². The van der Waals surface area contributed by atoms with Gasteiger partial charge in [0.1, 0.15) is 17.9 Å². The zero-order chi connectivity index (χ0) is 15.6. The fraction of sp³-hybridized carbons (Fsp3) is 0.231. The van der Waals surface area contributed by atoms with Crippen molar-refractivity contribution in [2.45, 2.75) is 19.8 Å². The maximum Gasteiger partial charge on any atom is 0.227 e. The molecule has 0 spiro atoms. The predicted octanol–water partition coefficient (Wildman–Crippen LogP) is 4.23. The van der Waals surface area contributed by atoms with E-state index in [1.165, 1.54) is 18.5 Å². The first kappa shape index (κ1) is 15.9. The Morgan fingerprint density at radius 3 is 2.71 bits per heavy atom. The largest absolute Gasteiger partial charge is 0.437 e. The van der Waals surface area contributed by atoms with Crippen molar-refractivity contribution in [3.05, 3.63) is 39.3 Å². The lowest BCUT2D eigenvalue weighted by molar-refractivity contribution is 0.445. The Labute approximate surface area is 134 Å². The van der Waals surface area contributed by atoms with Crippen LogP contribution in [0.15, 0.2) is 22.9 Å². The second kappa shape index (κ2) is 6.55. The van der Waals surface area contributed by atoms with Gasteiger partial charge in [0.25, 0.3) is 0 Å². The lowest BCUT2D eigenvalue weighted by atomic mass is 10.1. The van der Waals surface area contributed by atoms with E-state index in [2.05, 4.69) is 31.3 Å². The van der Waals surface area contributed by atoms with E-state index in [-0.39, 0.29) is 16.7 Å². The van der Waals surface area contributed by atoms with Gasteiger partial charge in [0.15, 0.2) is 5.82 Å². The molecule has 0 fully saturated rings. The summed E-state index contributed by atoms with van der Waals surface area (Å²) in [5, 5.41) is 0.00492. The minimum atomic E-state index is -0.577. The van der Waals surface area contributed by atoms with Crippen LogP contribution < -0.4 is 16.0 Å². The molecule has 112 valence electrons. The zero-order valence-corrected chi connectivity index (χ0v) is 13.7. The molecular formula is C13H13BrClFN4O. The molecule has 0 bridgehead atoms. The molecule has 5 nitrogen and oxygen atoms in total. The third-order valence-electron chi connectivity index (χ3n) is 2.74. The smallest absolute Gasteiger partial charge is 0.227 e. The first-order chi connectivity index (χ1) is 9.93. The average molecular weight is 376 g/mol. The monoisotopic (exact) mass is 374 g/mol. The van der Waals surface area contributed by atoms with Crippen LogP contribution in [0, 0.1) is 5.82 Å². The molecule has 8 heteroatoms. The number of rotatable bonds is 4. The van der Waals surface area contributed by atoms with Crippen LogP contribution in [0.2, 0.25) is 5.02 Å². The van der Waals surface area contributed by atoms with Gasteiger partial charge in [-0.3, -0.25) is 0 Å². The normalized spacial score (nSPS) is 10.8. The second-order valence-corrected chi connectivity index (χ2v) is 5.80. The molecule has 1 heterocycles. The summed E-state index contributed by atoms with van der Waals surface area (Å²) in [5.41, 5.74) is 3.20. The number of halogens is 3. The van der Waals surface area contributed by atoms with Crippen molar-refractivity contribution in [2.24, 2.45) is 5.84 Å². The Kier molecular flexibility index (Phi) is 4.97. The Morgan fingerprint density at radius 2 is 2.10 bits per heavy atom. The van der Waals surface area contributed by atoms with Crippen LogP contribution in [0.3, 0.4) is 0 Å². The number of nitrogens with one attached hydrogen (secondary N) is 1. The molecule has 0 saturated carbocycles. The van der Waals surface area contributed by atoms with Crippen molar-refractivity contribution >= 4 is 33.3 Å². The molecule has 0 unspecified atom stereocenters. The molecule has 2 rings (SSSR count). The number of hydrogen-bond donors (Lipinski definition) is 2. The van der Waals surface area contributed by atoms with Crippen molar-refractivity contribution in [3.8, 4) is 11.6 Å². The topological polar surface area (TPSA) is 73.1 Å². The molecule has 0 radical (unpaired) electrons. The summed E-state index contributed by atoms with van der Waals surface area (Å²) in [4.78, 5) is 8.13. The molecule has 3 N–H and O–H groups in total. The molecule has 0 aliphatic heterocycles. The third-order valence-corrected chi connectivity index (χ3v) is 3.65. The number of anilines is 1. The van der Waals surface area contributed by atoms with Gasteiger partial charge < -0.3 is 10.2 Å². The molecule has 0 atom stereocenters. The minimum Gasteiger partial charge on any atom is -0.437 e. The SMILES string of the molecule is CC(C)c1c(NN)ncnc1Oc1cc(F)c(Cl)cc1Br. The number of hydrogen-bond acceptors (Lipinski definition) is 5. The lowest BCUT2D eigenvalue weighted by Gasteiger charge is -2.16. The molecule has 0 aliphatic rings. The summed E-state index contributed by atoms with van der Waals surface area (Å²) in [6, 6.07) is 2.61. The molecule has 0 aliphatic carbocycles. The van der Waals surface area contributed by atoms with Crippen molar-refractivity contribution < 1.29 is 9.13 Å². The summed E-state index contributed by atoms with van der Waals surface area (Å²) in [5.74, 6) is 5.95. The van der Waals surface area contributed by atoms with Crippen LogP contribution in [0.4, 0.5) is 10.2 Å². The summed E-state index contributed by atoms with van der Waals surface area (Å²) in [6.45, 7) is 3.90. The Hall–Kier alpha value is -1.44. The van der Waals surface area contributed by atoms with E-state index in [4.69, 9.17) is 22.2 Å². The Morgan fingerprint density at radius 1 is 1.38 bits per heavy atom. The molecule has 21 heavy (non-hydrogen) atoms. The molecule has 0 amide bonds. The average Bonchev–Trinajstić information content (AvgIpc) is 2.44. The number of ether oxygens (including phenoxy) is 1. The molecule has 1 aromatic heterocycles. The number of nitrogens with two attached hydrogens (primary N) is 1. The highest BCUT2D eigenvalue weighted by Crippen LogP contribution is 2.37. The maximum atomic E-state index is 13.6. The highest BCUT2D eigenvalue weighted by molar-refractivity contribution is 9.10. The summed E-state index contributed by atoms with van der Waals surface area (Å²) >= 11 is 8.98. The maximum absolute atomic E-state index is 13.6. The fourth-order valence-electron chi connectivity index (χ4n) is 1.78. The second-order valence-electron chi connectivity index (χ2n) is 4.54. The van der Waals surface area contributed by atoms with Crippen LogP contribution in [-0.4, -0.2) is 9.97 Å². The van der Waals surface area contributed by atoms with Gasteiger partial charge in [-0.1, -0.05) is 25.4 Å². The van der Waals surface area contributed by atoms with E-state index >= 15 is 0 Å². The molecule has 1 aromatic carbocycles. The quantitative estimate of drug-likeness (QED) is 0.475. The lowest BCUT2D eigenvalue weighted by Crippen LogP contribution is -2.13. The predicted molar refractivity (Wildman–Crippen MR) is 83.1 cm³/mol.